The molecule has 0 atom stereocenters. The van der Waals surface area contributed by atoms with Crippen molar-refractivity contribution in [2.45, 2.75) is 33.6 Å². The first-order valence-corrected chi connectivity index (χ1v) is 5.96. The average Bonchev–Trinajstić information content (AvgIpc) is 2.34. The average molecular weight is 245 g/mol. The second kappa shape index (κ2) is 5.63. The summed E-state index contributed by atoms with van der Waals surface area (Å²) in [6.45, 7) is 6.33. The van der Waals surface area contributed by atoms with E-state index in [1.165, 1.54) is 11.1 Å². The van der Waals surface area contributed by atoms with Crippen molar-refractivity contribution in [1.82, 2.24) is 4.98 Å². The van der Waals surface area contributed by atoms with Crippen molar-refractivity contribution in [3.8, 4) is 6.07 Å². The summed E-state index contributed by atoms with van der Waals surface area (Å²) < 4.78 is 0. The second-order valence-corrected chi connectivity index (χ2v) is 5.53. The lowest BCUT2D eigenvalue weighted by Gasteiger charge is -2.21. The van der Waals surface area contributed by atoms with E-state index < -0.39 is 0 Å². The van der Waals surface area contributed by atoms with E-state index in [-0.39, 0.29) is 11.3 Å². The van der Waals surface area contributed by atoms with E-state index >= 15 is 0 Å². The Kier molecular flexibility index (Phi) is 4.43. The molecule has 4 heteroatoms. The number of aromatic nitrogens is 1. The molecule has 0 N–H and O–H groups in total. The van der Waals surface area contributed by atoms with Gasteiger partial charge >= 0.3 is 0 Å². The standard InChI is InChI=1S/C14H19N3O/c1-14(2,3)8-7-13(18)17(4)12-6-5-11(9-15)10-16-12/h5-6,10H,7-8H2,1-4H3. The molecular formula is C14H19N3O. The van der Waals surface area contributed by atoms with Crippen LogP contribution in [-0.2, 0) is 4.79 Å². The number of carbonyl (C=O) groups is 1. The van der Waals surface area contributed by atoms with Gasteiger partial charge < -0.3 is 0 Å². The highest BCUT2D eigenvalue weighted by atomic mass is 16.2. The van der Waals surface area contributed by atoms with E-state index in [0.29, 0.717) is 17.8 Å². The van der Waals surface area contributed by atoms with Gasteiger partial charge in [0.2, 0.25) is 5.91 Å². The number of nitrogens with zero attached hydrogens (tertiary/aromatic N) is 3. The molecule has 1 aromatic heterocycles. The van der Waals surface area contributed by atoms with Crippen LogP contribution >= 0.6 is 0 Å². The molecule has 18 heavy (non-hydrogen) atoms. The molecule has 1 rings (SSSR count). The van der Waals surface area contributed by atoms with Gasteiger partial charge in [0.15, 0.2) is 0 Å². The fourth-order valence-electron chi connectivity index (χ4n) is 1.43. The van der Waals surface area contributed by atoms with Crippen LogP contribution < -0.4 is 4.90 Å². The van der Waals surface area contributed by atoms with Crippen molar-refractivity contribution < 1.29 is 4.79 Å². The topological polar surface area (TPSA) is 57.0 Å². The van der Waals surface area contributed by atoms with Crippen molar-refractivity contribution in [2.75, 3.05) is 11.9 Å². The van der Waals surface area contributed by atoms with Crippen LogP contribution in [0, 0.1) is 16.7 Å². The fourth-order valence-corrected chi connectivity index (χ4v) is 1.43. The third-order valence-corrected chi connectivity index (χ3v) is 2.68. The summed E-state index contributed by atoms with van der Waals surface area (Å²) in [5.74, 6) is 0.620. The largest absolute Gasteiger partial charge is 0.300 e. The quantitative estimate of drug-likeness (QED) is 0.822. The van der Waals surface area contributed by atoms with Crippen LogP contribution in [0.5, 0.6) is 0 Å². The summed E-state index contributed by atoms with van der Waals surface area (Å²) in [5, 5.41) is 8.68. The van der Waals surface area contributed by atoms with Gasteiger partial charge in [-0.3, -0.25) is 9.69 Å². The Morgan fingerprint density at radius 3 is 2.56 bits per heavy atom. The normalized spacial score (nSPS) is 10.8. The Hall–Kier alpha value is -1.89. The first-order valence-electron chi connectivity index (χ1n) is 5.96. The van der Waals surface area contributed by atoms with E-state index in [4.69, 9.17) is 5.26 Å². The monoisotopic (exact) mass is 245 g/mol. The van der Waals surface area contributed by atoms with Crippen LogP contribution in [0.15, 0.2) is 18.3 Å². The molecule has 4 nitrogen and oxygen atoms in total. The Labute approximate surface area is 108 Å². The van der Waals surface area contributed by atoms with Crippen LogP contribution in [-0.4, -0.2) is 17.9 Å². The Morgan fingerprint density at radius 2 is 2.11 bits per heavy atom. The zero-order valence-electron chi connectivity index (χ0n) is 11.4. The third-order valence-electron chi connectivity index (χ3n) is 2.68. The summed E-state index contributed by atoms with van der Waals surface area (Å²) in [4.78, 5) is 17.6. The van der Waals surface area contributed by atoms with Gasteiger partial charge in [0.1, 0.15) is 11.9 Å². The van der Waals surface area contributed by atoms with Crippen molar-refractivity contribution in [3.63, 3.8) is 0 Å². The van der Waals surface area contributed by atoms with Gasteiger partial charge in [-0.1, -0.05) is 20.8 Å². The Balaban J connectivity index is 2.66. The van der Waals surface area contributed by atoms with Gasteiger partial charge in [-0.25, -0.2) is 4.98 Å². The molecule has 1 heterocycles. The Bertz CT molecular complexity index is 451. The summed E-state index contributed by atoms with van der Waals surface area (Å²) >= 11 is 0. The molecule has 0 fully saturated rings. The van der Waals surface area contributed by atoms with E-state index in [2.05, 4.69) is 25.8 Å². The highest BCUT2D eigenvalue weighted by molar-refractivity contribution is 5.91. The molecular weight excluding hydrogens is 226 g/mol. The predicted octanol–water partition coefficient (Wildman–Crippen LogP) is 2.74. The van der Waals surface area contributed by atoms with Gasteiger partial charge in [-0.05, 0) is 24.0 Å². The summed E-state index contributed by atoms with van der Waals surface area (Å²) in [5.41, 5.74) is 0.642. The number of hydrogen-bond donors (Lipinski definition) is 0. The van der Waals surface area contributed by atoms with Gasteiger partial charge in [-0.15, -0.1) is 0 Å². The SMILES string of the molecule is CN(C(=O)CCC(C)(C)C)c1ccc(C#N)cn1. The van der Waals surface area contributed by atoms with Gasteiger partial charge in [0.25, 0.3) is 0 Å². The van der Waals surface area contributed by atoms with Gasteiger partial charge in [0.05, 0.1) is 5.56 Å². The molecule has 0 radical (unpaired) electrons. The number of anilines is 1. The molecule has 0 aromatic carbocycles. The van der Waals surface area contributed by atoms with Crippen molar-refractivity contribution >= 4 is 11.7 Å². The van der Waals surface area contributed by atoms with E-state index in [9.17, 15) is 4.79 Å². The summed E-state index contributed by atoms with van der Waals surface area (Å²) in [7, 11) is 1.71. The minimum atomic E-state index is 0.0436. The number of carbonyl (C=O) groups excluding carboxylic acids is 1. The maximum absolute atomic E-state index is 12.0. The molecule has 96 valence electrons. The summed E-state index contributed by atoms with van der Waals surface area (Å²) in [6, 6.07) is 5.35. The Morgan fingerprint density at radius 1 is 1.44 bits per heavy atom. The second-order valence-electron chi connectivity index (χ2n) is 5.53. The van der Waals surface area contributed by atoms with Crippen LogP contribution in [0.4, 0.5) is 5.82 Å². The lowest BCUT2D eigenvalue weighted by molar-refractivity contribution is -0.118. The fraction of sp³-hybridized carbons (Fsp3) is 0.500. The summed E-state index contributed by atoms with van der Waals surface area (Å²) in [6.07, 6.45) is 2.82. The molecule has 0 spiro atoms. The minimum absolute atomic E-state index is 0.0436. The smallest absolute Gasteiger partial charge is 0.227 e. The van der Waals surface area contributed by atoms with Crippen molar-refractivity contribution in [3.05, 3.63) is 23.9 Å². The number of nitriles is 1. The molecule has 0 bridgehead atoms. The molecule has 1 amide bonds. The van der Waals surface area contributed by atoms with Gasteiger partial charge in [-0.2, -0.15) is 5.26 Å². The molecule has 1 aromatic rings. The first-order chi connectivity index (χ1) is 8.33. The zero-order valence-corrected chi connectivity index (χ0v) is 11.4. The number of amides is 1. The first kappa shape index (κ1) is 14.2. The maximum atomic E-state index is 12.0. The third kappa shape index (κ3) is 4.17. The molecule has 0 saturated heterocycles. The van der Waals surface area contributed by atoms with Crippen LogP contribution in [0.25, 0.3) is 0 Å². The number of pyridine rings is 1. The molecule has 0 unspecified atom stereocenters. The molecule has 0 aliphatic heterocycles. The van der Waals surface area contributed by atoms with Crippen molar-refractivity contribution in [1.29, 1.82) is 5.26 Å². The van der Waals surface area contributed by atoms with Crippen LogP contribution in [0.1, 0.15) is 39.2 Å². The highest BCUT2D eigenvalue weighted by Gasteiger charge is 2.16. The molecule has 0 aliphatic carbocycles. The van der Waals surface area contributed by atoms with E-state index in [1.807, 2.05) is 6.07 Å². The zero-order chi connectivity index (χ0) is 13.8. The van der Waals surface area contributed by atoms with Gasteiger partial charge in [0, 0.05) is 19.7 Å². The molecule has 0 aliphatic rings. The highest BCUT2D eigenvalue weighted by Crippen LogP contribution is 2.21. The van der Waals surface area contributed by atoms with E-state index in [0.717, 1.165) is 6.42 Å². The predicted molar refractivity (Wildman–Crippen MR) is 71.1 cm³/mol. The lowest BCUT2D eigenvalue weighted by atomic mass is 9.90. The molecule has 0 saturated carbocycles. The van der Waals surface area contributed by atoms with Crippen molar-refractivity contribution in [2.24, 2.45) is 5.41 Å². The number of hydrogen-bond acceptors (Lipinski definition) is 3. The van der Waals surface area contributed by atoms with Crippen LogP contribution in [0.2, 0.25) is 0 Å². The maximum Gasteiger partial charge on any atom is 0.227 e. The van der Waals surface area contributed by atoms with E-state index in [1.54, 1.807) is 19.2 Å². The van der Waals surface area contributed by atoms with Crippen LogP contribution in [0.3, 0.4) is 0 Å². The minimum Gasteiger partial charge on any atom is -0.300 e. The lowest BCUT2D eigenvalue weighted by Crippen LogP contribution is -2.27. The number of rotatable bonds is 3.